The van der Waals surface area contributed by atoms with Crippen molar-refractivity contribution in [2.45, 2.75) is 26.4 Å². The standard InChI is InChI=1S/C14H20N4O2/c1-11-4-5-13(14(8-11)20-2)15-9-12-10-18(17-16-12)6-3-7-19/h4-5,8,10,15,19H,3,6-7,9H2,1-2H3. The van der Waals surface area contributed by atoms with Crippen LogP contribution in [0.4, 0.5) is 5.69 Å². The zero-order valence-corrected chi connectivity index (χ0v) is 11.8. The maximum absolute atomic E-state index is 8.78. The van der Waals surface area contributed by atoms with Crippen LogP contribution < -0.4 is 10.1 Å². The number of hydrogen-bond donors (Lipinski definition) is 2. The van der Waals surface area contributed by atoms with Gasteiger partial charge in [-0.3, -0.25) is 4.68 Å². The molecule has 1 aromatic carbocycles. The lowest BCUT2D eigenvalue weighted by atomic mass is 10.2. The van der Waals surface area contributed by atoms with E-state index in [9.17, 15) is 0 Å². The SMILES string of the molecule is COc1cc(C)ccc1NCc1cn(CCCO)nn1. The molecule has 0 aliphatic rings. The Morgan fingerprint density at radius 1 is 1.40 bits per heavy atom. The van der Waals surface area contributed by atoms with Crippen LogP contribution in [0.15, 0.2) is 24.4 Å². The molecular weight excluding hydrogens is 256 g/mol. The third kappa shape index (κ3) is 3.71. The fourth-order valence-electron chi connectivity index (χ4n) is 1.89. The van der Waals surface area contributed by atoms with Crippen molar-refractivity contribution >= 4 is 5.69 Å². The summed E-state index contributed by atoms with van der Waals surface area (Å²) in [6.07, 6.45) is 2.56. The third-order valence-corrected chi connectivity index (χ3v) is 2.95. The van der Waals surface area contributed by atoms with Crippen LogP contribution in [0.3, 0.4) is 0 Å². The van der Waals surface area contributed by atoms with E-state index in [1.807, 2.05) is 31.3 Å². The quantitative estimate of drug-likeness (QED) is 0.803. The first-order chi connectivity index (χ1) is 9.72. The molecule has 2 N–H and O–H groups in total. The molecule has 0 bridgehead atoms. The lowest BCUT2D eigenvalue weighted by Crippen LogP contribution is -2.02. The number of anilines is 1. The van der Waals surface area contributed by atoms with E-state index in [1.54, 1.807) is 11.8 Å². The van der Waals surface area contributed by atoms with Crippen molar-refractivity contribution in [1.29, 1.82) is 0 Å². The van der Waals surface area contributed by atoms with E-state index < -0.39 is 0 Å². The van der Waals surface area contributed by atoms with Crippen LogP contribution in [0.5, 0.6) is 5.75 Å². The molecular formula is C14H20N4O2. The molecule has 0 unspecified atom stereocenters. The molecule has 0 saturated carbocycles. The van der Waals surface area contributed by atoms with Gasteiger partial charge in [0.15, 0.2) is 0 Å². The summed E-state index contributed by atoms with van der Waals surface area (Å²) in [5.74, 6) is 0.817. The lowest BCUT2D eigenvalue weighted by Gasteiger charge is -2.10. The highest BCUT2D eigenvalue weighted by Gasteiger charge is 2.05. The Balaban J connectivity index is 1.96. The molecule has 6 heteroatoms. The number of rotatable bonds is 7. The average molecular weight is 276 g/mol. The highest BCUT2D eigenvalue weighted by atomic mass is 16.5. The smallest absolute Gasteiger partial charge is 0.142 e. The first-order valence-electron chi connectivity index (χ1n) is 6.61. The van der Waals surface area contributed by atoms with Crippen LogP contribution in [0.1, 0.15) is 17.7 Å². The second-order valence-electron chi connectivity index (χ2n) is 4.61. The number of aliphatic hydroxyl groups is 1. The molecule has 0 atom stereocenters. The van der Waals surface area contributed by atoms with Crippen molar-refractivity contribution in [3.05, 3.63) is 35.7 Å². The van der Waals surface area contributed by atoms with Crippen molar-refractivity contribution < 1.29 is 9.84 Å². The molecule has 0 amide bonds. The summed E-state index contributed by atoms with van der Waals surface area (Å²) in [5.41, 5.74) is 2.94. The van der Waals surface area contributed by atoms with Gasteiger partial charge in [-0.15, -0.1) is 5.10 Å². The summed E-state index contributed by atoms with van der Waals surface area (Å²) < 4.78 is 7.08. The second-order valence-corrected chi connectivity index (χ2v) is 4.61. The molecule has 20 heavy (non-hydrogen) atoms. The van der Waals surface area contributed by atoms with Gasteiger partial charge in [0.05, 0.1) is 25.5 Å². The van der Waals surface area contributed by atoms with Crippen molar-refractivity contribution in [3.8, 4) is 5.75 Å². The van der Waals surface area contributed by atoms with Crippen LogP contribution >= 0.6 is 0 Å². The summed E-state index contributed by atoms with van der Waals surface area (Å²) >= 11 is 0. The zero-order valence-electron chi connectivity index (χ0n) is 11.8. The Bertz CT molecular complexity index is 554. The number of aryl methyl sites for hydroxylation is 2. The Morgan fingerprint density at radius 2 is 2.25 bits per heavy atom. The Hall–Kier alpha value is -2.08. The van der Waals surface area contributed by atoms with Gasteiger partial charge in [0.25, 0.3) is 0 Å². The van der Waals surface area contributed by atoms with E-state index in [0.717, 1.165) is 22.7 Å². The maximum atomic E-state index is 8.78. The van der Waals surface area contributed by atoms with Crippen molar-refractivity contribution in [2.75, 3.05) is 19.0 Å². The summed E-state index contributed by atoms with van der Waals surface area (Å²) in [4.78, 5) is 0. The molecule has 6 nitrogen and oxygen atoms in total. The molecule has 2 aromatic rings. The molecule has 1 aromatic heterocycles. The number of nitrogens with zero attached hydrogens (tertiary/aromatic N) is 3. The zero-order chi connectivity index (χ0) is 14.4. The number of ether oxygens (including phenoxy) is 1. The topological polar surface area (TPSA) is 72.2 Å². The van der Waals surface area contributed by atoms with Crippen molar-refractivity contribution in [2.24, 2.45) is 0 Å². The van der Waals surface area contributed by atoms with Gasteiger partial charge in [-0.2, -0.15) is 0 Å². The molecule has 0 saturated heterocycles. The van der Waals surface area contributed by atoms with Gasteiger partial charge in [0.2, 0.25) is 0 Å². The highest BCUT2D eigenvalue weighted by Crippen LogP contribution is 2.25. The maximum Gasteiger partial charge on any atom is 0.142 e. The molecule has 0 aliphatic carbocycles. The monoisotopic (exact) mass is 276 g/mol. The van der Waals surface area contributed by atoms with Crippen molar-refractivity contribution in [1.82, 2.24) is 15.0 Å². The molecule has 0 radical (unpaired) electrons. The van der Waals surface area contributed by atoms with Crippen LogP contribution in [-0.2, 0) is 13.1 Å². The van der Waals surface area contributed by atoms with E-state index in [-0.39, 0.29) is 6.61 Å². The largest absolute Gasteiger partial charge is 0.495 e. The Labute approximate surface area is 118 Å². The molecule has 0 aliphatic heterocycles. The van der Waals surface area contributed by atoms with E-state index in [1.165, 1.54) is 0 Å². The fourth-order valence-corrected chi connectivity index (χ4v) is 1.89. The normalized spacial score (nSPS) is 10.6. The molecule has 108 valence electrons. The van der Waals surface area contributed by atoms with Gasteiger partial charge in [-0.05, 0) is 31.0 Å². The Morgan fingerprint density at radius 3 is 3.00 bits per heavy atom. The van der Waals surface area contributed by atoms with Gasteiger partial charge < -0.3 is 15.2 Å². The van der Waals surface area contributed by atoms with Gasteiger partial charge in [0, 0.05) is 13.2 Å². The second kappa shape index (κ2) is 6.91. The fraction of sp³-hybridized carbons (Fsp3) is 0.429. The average Bonchev–Trinajstić information content (AvgIpc) is 2.91. The summed E-state index contributed by atoms with van der Waals surface area (Å²) in [5, 5.41) is 20.2. The van der Waals surface area contributed by atoms with Gasteiger partial charge >= 0.3 is 0 Å². The first kappa shape index (κ1) is 14.3. The minimum atomic E-state index is 0.161. The number of methoxy groups -OCH3 is 1. The highest BCUT2D eigenvalue weighted by molar-refractivity contribution is 5.57. The van der Waals surface area contributed by atoms with E-state index in [0.29, 0.717) is 19.5 Å². The van der Waals surface area contributed by atoms with E-state index in [4.69, 9.17) is 9.84 Å². The minimum Gasteiger partial charge on any atom is -0.495 e. The van der Waals surface area contributed by atoms with Crippen LogP contribution in [0.25, 0.3) is 0 Å². The summed E-state index contributed by atoms with van der Waals surface area (Å²) in [7, 11) is 1.66. The number of nitrogens with one attached hydrogen (secondary N) is 1. The summed E-state index contributed by atoms with van der Waals surface area (Å²) in [6.45, 7) is 3.45. The Kier molecular flexibility index (Phi) is 4.95. The molecule has 0 fully saturated rings. The molecule has 1 heterocycles. The van der Waals surface area contributed by atoms with E-state index in [2.05, 4.69) is 15.6 Å². The number of aliphatic hydroxyl groups excluding tert-OH is 1. The minimum absolute atomic E-state index is 0.161. The molecule has 0 spiro atoms. The van der Waals surface area contributed by atoms with Crippen LogP contribution in [0.2, 0.25) is 0 Å². The van der Waals surface area contributed by atoms with Gasteiger partial charge in [-0.1, -0.05) is 11.3 Å². The summed E-state index contributed by atoms with van der Waals surface area (Å²) in [6, 6.07) is 6.01. The van der Waals surface area contributed by atoms with Gasteiger partial charge in [-0.25, -0.2) is 0 Å². The molecule has 2 rings (SSSR count). The van der Waals surface area contributed by atoms with E-state index >= 15 is 0 Å². The number of aromatic nitrogens is 3. The van der Waals surface area contributed by atoms with Crippen molar-refractivity contribution in [3.63, 3.8) is 0 Å². The first-order valence-corrected chi connectivity index (χ1v) is 6.61. The third-order valence-electron chi connectivity index (χ3n) is 2.95. The van der Waals surface area contributed by atoms with Crippen LogP contribution in [0, 0.1) is 6.92 Å². The predicted octanol–water partition coefficient (Wildman–Crippen LogP) is 1.59. The number of benzene rings is 1. The number of hydrogen-bond acceptors (Lipinski definition) is 5. The lowest BCUT2D eigenvalue weighted by molar-refractivity contribution is 0.276. The van der Waals surface area contributed by atoms with Crippen LogP contribution in [-0.4, -0.2) is 33.8 Å². The van der Waals surface area contributed by atoms with Gasteiger partial charge in [0.1, 0.15) is 11.4 Å². The predicted molar refractivity (Wildman–Crippen MR) is 76.8 cm³/mol.